The van der Waals surface area contributed by atoms with Gasteiger partial charge in [-0.15, -0.1) is 0 Å². The van der Waals surface area contributed by atoms with Crippen molar-refractivity contribution in [2.45, 2.75) is 6.10 Å². The summed E-state index contributed by atoms with van der Waals surface area (Å²) in [6.07, 6.45) is -1.01. The van der Waals surface area contributed by atoms with Crippen LogP contribution in [-0.4, -0.2) is 34.6 Å². The van der Waals surface area contributed by atoms with Crippen molar-refractivity contribution in [1.82, 2.24) is 0 Å². The van der Waals surface area contributed by atoms with Gasteiger partial charge < -0.3 is 15.3 Å². The number of hydrogen-bond acceptors (Lipinski definition) is 3. The van der Waals surface area contributed by atoms with Gasteiger partial charge in [0.05, 0.1) is 6.61 Å². The Morgan fingerprint density at radius 1 is 1.38 bits per heavy atom. The second kappa shape index (κ2) is 4.60. The molecule has 3 N–H and O–H groups in total. The van der Waals surface area contributed by atoms with Crippen LogP contribution < -0.4 is 0 Å². The van der Waals surface area contributed by atoms with Gasteiger partial charge in [0.2, 0.25) is 0 Å². The molecule has 0 heterocycles. The molecule has 0 aromatic rings. The maximum absolute atomic E-state index is 8.45. The van der Waals surface area contributed by atoms with Gasteiger partial charge in [-0.1, -0.05) is 11.8 Å². The minimum Gasteiger partial charge on any atom is -0.393 e. The molecule has 0 aliphatic rings. The smallest absolute Gasteiger partial charge is 0.137 e. The van der Waals surface area contributed by atoms with E-state index in [1.807, 2.05) is 0 Å². The average Bonchev–Trinajstić information content (AvgIpc) is 1.83. The van der Waals surface area contributed by atoms with E-state index in [0.717, 1.165) is 0 Å². The SMILES string of the molecule is OCC#CC(O)CO. The first kappa shape index (κ1) is 7.44. The van der Waals surface area contributed by atoms with Crippen molar-refractivity contribution in [1.29, 1.82) is 0 Å². The first-order chi connectivity index (χ1) is 3.81. The summed E-state index contributed by atoms with van der Waals surface area (Å²) < 4.78 is 0. The summed E-state index contributed by atoms with van der Waals surface area (Å²) in [6, 6.07) is 0. The lowest BCUT2D eigenvalue weighted by molar-refractivity contribution is 0.137. The highest BCUT2D eigenvalue weighted by atomic mass is 16.3. The van der Waals surface area contributed by atoms with Crippen LogP contribution >= 0.6 is 0 Å². The van der Waals surface area contributed by atoms with Gasteiger partial charge in [-0.25, -0.2) is 0 Å². The second-order valence-electron chi connectivity index (χ2n) is 1.18. The molecule has 0 saturated heterocycles. The van der Waals surface area contributed by atoms with Crippen LogP contribution in [-0.2, 0) is 0 Å². The monoisotopic (exact) mass is 116 g/mol. The Hall–Kier alpha value is -0.560. The van der Waals surface area contributed by atoms with Crippen molar-refractivity contribution in [3.63, 3.8) is 0 Å². The average molecular weight is 116 g/mol. The highest BCUT2D eigenvalue weighted by Crippen LogP contribution is 1.72. The van der Waals surface area contributed by atoms with Crippen molar-refractivity contribution in [2.75, 3.05) is 13.2 Å². The van der Waals surface area contributed by atoms with Gasteiger partial charge in [-0.3, -0.25) is 0 Å². The minimum absolute atomic E-state index is 0.281. The molecule has 0 radical (unpaired) electrons. The predicted octanol–water partition coefficient (Wildman–Crippen LogP) is -1.66. The lowest BCUT2D eigenvalue weighted by Gasteiger charge is -1.91. The van der Waals surface area contributed by atoms with E-state index in [2.05, 4.69) is 11.8 Å². The summed E-state index contributed by atoms with van der Waals surface area (Å²) >= 11 is 0. The molecular formula is C5H8O3. The Balaban J connectivity index is 3.35. The van der Waals surface area contributed by atoms with Crippen molar-refractivity contribution in [3.05, 3.63) is 0 Å². The minimum atomic E-state index is -1.01. The third-order valence-corrected chi connectivity index (χ3v) is 0.521. The van der Waals surface area contributed by atoms with Crippen molar-refractivity contribution < 1.29 is 15.3 Å². The predicted molar refractivity (Wildman–Crippen MR) is 28.0 cm³/mol. The van der Waals surface area contributed by atoms with Gasteiger partial charge in [0.25, 0.3) is 0 Å². The number of aliphatic hydroxyl groups excluding tert-OH is 3. The molecule has 1 atom stereocenters. The zero-order valence-electron chi connectivity index (χ0n) is 4.33. The van der Waals surface area contributed by atoms with Gasteiger partial charge in [0.1, 0.15) is 12.7 Å². The standard InChI is InChI=1S/C5H8O3/c6-3-1-2-5(8)4-7/h5-8H,3-4H2. The summed E-state index contributed by atoms with van der Waals surface area (Å²) in [4.78, 5) is 0. The van der Waals surface area contributed by atoms with Crippen LogP contribution in [0.5, 0.6) is 0 Å². The molecule has 8 heavy (non-hydrogen) atoms. The lowest BCUT2D eigenvalue weighted by Crippen LogP contribution is -2.07. The summed E-state index contributed by atoms with van der Waals surface area (Å²) in [5.41, 5.74) is 0. The van der Waals surface area contributed by atoms with Crippen LogP contribution in [0.15, 0.2) is 0 Å². The van der Waals surface area contributed by atoms with E-state index < -0.39 is 6.10 Å². The van der Waals surface area contributed by atoms with E-state index in [9.17, 15) is 0 Å². The molecule has 46 valence electrons. The van der Waals surface area contributed by atoms with E-state index in [0.29, 0.717) is 0 Å². The summed E-state index contributed by atoms with van der Waals surface area (Å²) in [5, 5.41) is 24.6. The van der Waals surface area contributed by atoms with Crippen LogP contribution in [0.25, 0.3) is 0 Å². The lowest BCUT2D eigenvalue weighted by atomic mass is 10.4. The van der Waals surface area contributed by atoms with Crippen LogP contribution in [0.3, 0.4) is 0 Å². The van der Waals surface area contributed by atoms with Gasteiger partial charge in [-0.05, 0) is 0 Å². The highest BCUT2D eigenvalue weighted by Gasteiger charge is 1.90. The Morgan fingerprint density at radius 3 is 2.38 bits per heavy atom. The normalized spacial score (nSPS) is 11.9. The molecule has 0 aromatic heterocycles. The first-order valence-electron chi connectivity index (χ1n) is 2.19. The topological polar surface area (TPSA) is 60.7 Å². The first-order valence-corrected chi connectivity index (χ1v) is 2.19. The van der Waals surface area contributed by atoms with Gasteiger partial charge in [0.15, 0.2) is 0 Å². The van der Waals surface area contributed by atoms with Crippen LogP contribution in [0.1, 0.15) is 0 Å². The van der Waals surface area contributed by atoms with Crippen LogP contribution in [0, 0.1) is 11.8 Å². The zero-order chi connectivity index (χ0) is 6.41. The molecule has 0 saturated carbocycles. The fourth-order valence-corrected chi connectivity index (χ4v) is 0.209. The zero-order valence-corrected chi connectivity index (χ0v) is 4.33. The van der Waals surface area contributed by atoms with Crippen molar-refractivity contribution >= 4 is 0 Å². The van der Waals surface area contributed by atoms with Gasteiger partial charge in [0, 0.05) is 0 Å². The number of rotatable bonds is 1. The third-order valence-electron chi connectivity index (χ3n) is 0.521. The largest absolute Gasteiger partial charge is 0.393 e. The van der Waals surface area contributed by atoms with Gasteiger partial charge in [-0.2, -0.15) is 0 Å². The highest BCUT2D eigenvalue weighted by molar-refractivity contribution is 5.03. The third kappa shape index (κ3) is 3.62. The molecule has 0 bridgehead atoms. The molecule has 0 aliphatic heterocycles. The molecule has 0 aromatic carbocycles. The van der Waals surface area contributed by atoms with E-state index in [1.54, 1.807) is 0 Å². The summed E-state index contributed by atoms with van der Waals surface area (Å²) in [6.45, 7) is -0.663. The Bertz CT molecular complexity index is 100.0. The molecule has 0 spiro atoms. The maximum Gasteiger partial charge on any atom is 0.137 e. The molecule has 1 unspecified atom stereocenters. The van der Waals surface area contributed by atoms with E-state index in [4.69, 9.17) is 15.3 Å². The molecule has 3 nitrogen and oxygen atoms in total. The Morgan fingerprint density at radius 2 is 2.00 bits per heavy atom. The molecule has 0 aliphatic carbocycles. The van der Waals surface area contributed by atoms with Crippen LogP contribution in [0.4, 0.5) is 0 Å². The molecule has 0 rings (SSSR count). The fourth-order valence-electron chi connectivity index (χ4n) is 0.209. The number of aliphatic hydroxyl groups is 3. The molecule has 3 heteroatoms. The Kier molecular flexibility index (Phi) is 4.27. The van der Waals surface area contributed by atoms with Crippen LogP contribution in [0.2, 0.25) is 0 Å². The summed E-state index contributed by atoms with van der Waals surface area (Å²) in [5.74, 6) is 4.38. The van der Waals surface area contributed by atoms with E-state index >= 15 is 0 Å². The van der Waals surface area contributed by atoms with Crippen molar-refractivity contribution in [3.8, 4) is 11.8 Å². The van der Waals surface area contributed by atoms with E-state index in [1.165, 1.54) is 0 Å². The maximum atomic E-state index is 8.45. The quantitative estimate of drug-likeness (QED) is 0.359. The fraction of sp³-hybridized carbons (Fsp3) is 0.600. The summed E-state index contributed by atoms with van der Waals surface area (Å²) in [7, 11) is 0. The Labute approximate surface area is 47.6 Å². The molecule has 0 amide bonds. The number of hydrogen-bond donors (Lipinski definition) is 3. The van der Waals surface area contributed by atoms with Gasteiger partial charge >= 0.3 is 0 Å². The van der Waals surface area contributed by atoms with E-state index in [-0.39, 0.29) is 13.2 Å². The molecular weight excluding hydrogens is 108 g/mol. The second-order valence-corrected chi connectivity index (χ2v) is 1.18. The van der Waals surface area contributed by atoms with Crippen molar-refractivity contribution in [2.24, 2.45) is 0 Å². The molecule has 0 fully saturated rings.